The first kappa shape index (κ1) is 20.7. The van der Waals surface area contributed by atoms with E-state index < -0.39 is 10.0 Å². The van der Waals surface area contributed by atoms with Crippen LogP contribution >= 0.6 is 11.8 Å². The topological polar surface area (TPSA) is 119 Å². The fourth-order valence-corrected chi connectivity index (χ4v) is 3.83. The van der Waals surface area contributed by atoms with Crippen LogP contribution in [0, 0.1) is 0 Å². The van der Waals surface area contributed by atoms with Crippen LogP contribution < -0.4 is 10.5 Å². The molecule has 0 radical (unpaired) electrons. The van der Waals surface area contributed by atoms with Crippen LogP contribution in [0.1, 0.15) is 26.3 Å². The third-order valence-corrected chi connectivity index (χ3v) is 5.86. The van der Waals surface area contributed by atoms with Gasteiger partial charge in [-0.25, -0.2) is 13.6 Å². The number of sulfonamides is 1. The highest BCUT2D eigenvalue weighted by Gasteiger charge is 2.16. The average Bonchev–Trinajstić information content (AvgIpc) is 2.72. The molecule has 3 N–H and O–H groups in total. The van der Waals surface area contributed by atoms with Gasteiger partial charge in [0.15, 0.2) is 0 Å². The first-order valence-electron chi connectivity index (χ1n) is 8.46. The molecule has 2 aromatic carbocycles. The van der Waals surface area contributed by atoms with Crippen LogP contribution in [0.4, 0.5) is 0 Å². The summed E-state index contributed by atoms with van der Waals surface area (Å²) in [4.78, 5) is 29.5. The molecule has 0 unspecified atom stereocenters. The molecule has 0 aliphatic rings. The van der Waals surface area contributed by atoms with E-state index in [1.165, 1.54) is 18.3 Å². The first-order chi connectivity index (χ1) is 13.8. The molecule has 1 heterocycles. The highest BCUT2D eigenvalue weighted by Crippen LogP contribution is 2.26. The van der Waals surface area contributed by atoms with E-state index in [-0.39, 0.29) is 22.5 Å². The molecule has 0 bridgehead atoms. The van der Waals surface area contributed by atoms with Gasteiger partial charge in [0.25, 0.3) is 5.91 Å². The maximum absolute atomic E-state index is 12.6. The number of primary sulfonamides is 1. The summed E-state index contributed by atoms with van der Waals surface area (Å²) >= 11 is 0.958. The molecule has 148 valence electrons. The number of hydrogen-bond acceptors (Lipinski definition) is 6. The van der Waals surface area contributed by atoms with Crippen molar-refractivity contribution in [3.63, 3.8) is 0 Å². The largest absolute Gasteiger partial charge is 0.348 e. The van der Waals surface area contributed by atoms with Crippen LogP contribution in [-0.4, -0.2) is 24.4 Å². The molecule has 1 aromatic heterocycles. The number of nitrogens with zero attached hydrogens (tertiary/aromatic N) is 1. The number of nitrogens with two attached hydrogens (primary N) is 1. The van der Waals surface area contributed by atoms with E-state index in [4.69, 9.17) is 5.14 Å². The molecule has 29 heavy (non-hydrogen) atoms. The smallest absolute Gasteiger partial charge is 0.252 e. The van der Waals surface area contributed by atoms with Crippen molar-refractivity contribution in [3.05, 3.63) is 89.7 Å². The van der Waals surface area contributed by atoms with Gasteiger partial charge in [-0.3, -0.25) is 14.6 Å². The Balaban J connectivity index is 1.69. The third-order valence-electron chi connectivity index (χ3n) is 3.94. The standard InChI is InChI=1S/C20H17N3O4S2/c21-29(26,27)16-9-7-14(8-10-16)12-23-19(24)17-5-1-2-6-18(17)28-20(25)15-4-3-11-22-13-15/h1-11,13H,12H2,(H,23,24)(H2,21,26,27). The number of carbonyl (C=O) groups is 2. The summed E-state index contributed by atoms with van der Waals surface area (Å²) in [6.07, 6.45) is 3.06. The van der Waals surface area contributed by atoms with Gasteiger partial charge in [0.2, 0.25) is 15.1 Å². The summed E-state index contributed by atoms with van der Waals surface area (Å²) in [5.74, 6) is -0.345. The van der Waals surface area contributed by atoms with E-state index in [2.05, 4.69) is 10.3 Å². The molecule has 7 nitrogen and oxygen atoms in total. The van der Waals surface area contributed by atoms with Gasteiger partial charge in [0.05, 0.1) is 10.5 Å². The van der Waals surface area contributed by atoms with Gasteiger partial charge < -0.3 is 5.32 Å². The fraction of sp³-hybridized carbons (Fsp3) is 0.0500. The molecular weight excluding hydrogens is 410 g/mol. The number of hydrogen-bond donors (Lipinski definition) is 2. The van der Waals surface area contributed by atoms with Crippen molar-refractivity contribution < 1.29 is 18.0 Å². The molecule has 0 saturated heterocycles. The van der Waals surface area contributed by atoms with E-state index in [0.717, 1.165) is 11.8 Å². The Morgan fingerprint density at radius 1 is 1.00 bits per heavy atom. The number of thioether (sulfide) groups is 1. The average molecular weight is 428 g/mol. The number of aromatic nitrogens is 1. The Hall–Kier alpha value is -3.01. The summed E-state index contributed by atoms with van der Waals surface area (Å²) in [7, 11) is -3.76. The molecule has 3 aromatic rings. The monoisotopic (exact) mass is 427 g/mol. The lowest BCUT2D eigenvalue weighted by Crippen LogP contribution is -2.23. The van der Waals surface area contributed by atoms with Gasteiger partial charge in [-0.15, -0.1) is 0 Å². The predicted octanol–water partition coefficient (Wildman–Crippen LogP) is 2.59. The van der Waals surface area contributed by atoms with E-state index >= 15 is 0 Å². The SMILES string of the molecule is NS(=O)(=O)c1ccc(CNC(=O)c2ccccc2SC(=O)c2cccnc2)cc1. The van der Waals surface area contributed by atoms with Gasteiger partial charge in [-0.1, -0.05) is 24.3 Å². The van der Waals surface area contributed by atoms with E-state index in [9.17, 15) is 18.0 Å². The van der Waals surface area contributed by atoms with Crippen LogP contribution in [0.25, 0.3) is 0 Å². The lowest BCUT2D eigenvalue weighted by atomic mass is 10.2. The van der Waals surface area contributed by atoms with Gasteiger partial charge >= 0.3 is 0 Å². The summed E-state index contributed by atoms with van der Waals surface area (Å²) in [6.45, 7) is 0.194. The molecule has 0 aliphatic carbocycles. The lowest BCUT2D eigenvalue weighted by molar-refractivity contribution is 0.0948. The van der Waals surface area contributed by atoms with Crippen LogP contribution in [0.15, 0.2) is 82.8 Å². The number of nitrogens with one attached hydrogen (secondary N) is 1. The number of pyridine rings is 1. The van der Waals surface area contributed by atoms with Gasteiger partial charge in [0.1, 0.15) is 0 Å². The zero-order valence-electron chi connectivity index (χ0n) is 15.1. The Morgan fingerprint density at radius 2 is 1.72 bits per heavy atom. The van der Waals surface area contributed by atoms with Crippen LogP contribution in [-0.2, 0) is 16.6 Å². The second kappa shape index (κ2) is 8.99. The van der Waals surface area contributed by atoms with E-state index in [1.54, 1.807) is 54.7 Å². The summed E-state index contributed by atoms with van der Waals surface area (Å²) in [6, 6.07) is 16.1. The molecule has 0 fully saturated rings. The third kappa shape index (κ3) is 5.50. The van der Waals surface area contributed by atoms with Crippen molar-refractivity contribution >= 4 is 32.8 Å². The van der Waals surface area contributed by atoms with E-state index in [1.807, 2.05) is 0 Å². The highest BCUT2D eigenvalue weighted by atomic mass is 32.2. The van der Waals surface area contributed by atoms with Crippen molar-refractivity contribution in [2.75, 3.05) is 0 Å². The number of rotatable bonds is 6. The molecule has 3 rings (SSSR count). The first-order valence-corrected chi connectivity index (χ1v) is 10.8. The molecule has 0 saturated carbocycles. The van der Waals surface area contributed by atoms with Gasteiger partial charge in [0, 0.05) is 29.4 Å². The van der Waals surface area contributed by atoms with Crippen molar-refractivity contribution in [3.8, 4) is 0 Å². The second-order valence-electron chi connectivity index (χ2n) is 6.00. The maximum atomic E-state index is 12.6. The molecule has 0 spiro atoms. The minimum Gasteiger partial charge on any atom is -0.348 e. The zero-order chi connectivity index (χ0) is 20.9. The lowest BCUT2D eigenvalue weighted by Gasteiger charge is -2.10. The van der Waals surface area contributed by atoms with Gasteiger partial charge in [-0.05, 0) is 53.7 Å². The van der Waals surface area contributed by atoms with Crippen molar-refractivity contribution in [1.29, 1.82) is 0 Å². The van der Waals surface area contributed by atoms with Crippen molar-refractivity contribution in [1.82, 2.24) is 10.3 Å². The van der Waals surface area contributed by atoms with E-state index in [0.29, 0.717) is 21.6 Å². The van der Waals surface area contributed by atoms with Crippen molar-refractivity contribution in [2.45, 2.75) is 16.3 Å². The molecule has 0 atom stereocenters. The van der Waals surface area contributed by atoms with Crippen LogP contribution in [0.3, 0.4) is 0 Å². The number of carbonyl (C=O) groups excluding carboxylic acids is 2. The normalized spacial score (nSPS) is 11.1. The van der Waals surface area contributed by atoms with Crippen molar-refractivity contribution in [2.24, 2.45) is 5.14 Å². The minimum atomic E-state index is -3.76. The number of benzene rings is 2. The molecular formula is C20H17N3O4S2. The van der Waals surface area contributed by atoms with Gasteiger partial charge in [-0.2, -0.15) is 0 Å². The zero-order valence-corrected chi connectivity index (χ0v) is 16.7. The quantitative estimate of drug-likeness (QED) is 0.584. The fourth-order valence-electron chi connectivity index (χ4n) is 2.46. The summed E-state index contributed by atoms with van der Waals surface area (Å²) in [5.41, 5.74) is 1.53. The predicted molar refractivity (Wildman–Crippen MR) is 110 cm³/mol. The highest BCUT2D eigenvalue weighted by molar-refractivity contribution is 8.14. The minimum absolute atomic E-state index is 0.00300. The summed E-state index contributed by atoms with van der Waals surface area (Å²) < 4.78 is 22.6. The Morgan fingerprint density at radius 3 is 2.38 bits per heavy atom. The molecule has 0 aliphatic heterocycles. The molecule has 1 amide bonds. The van der Waals surface area contributed by atoms with Crippen LogP contribution in [0.2, 0.25) is 0 Å². The Kier molecular flexibility index (Phi) is 6.42. The molecule has 9 heteroatoms. The van der Waals surface area contributed by atoms with Crippen LogP contribution in [0.5, 0.6) is 0 Å². The Labute approximate surface area is 172 Å². The Bertz CT molecular complexity index is 1130. The number of amides is 1. The second-order valence-corrected chi connectivity index (χ2v) is 8.58. The summed E-state index contributed by atoms with van der Waals surface area (Å²) in [5, 5.41) is 7.63. The maximum Gasteiger partial charge on any atom is 0.252 e.